The molecule has 0 saturated heterocycles. The molecule has 2 unspecified atom stereocenters. The maximum absolute atomic E-state index is 14.3. The summed E-state index contributed by atoms with van der Waals surface area (Å²) >= 11 is 3.19. The first kappa shape index (κ1) is 43.9. The number of fused-ring (bicyclic) bond motifs is 2. The van der Waals surface area contributed by atoms with Crippen LogP contribution in [0.5, 0.6) is 0 Å². The summed E-state index contributed by atoms with van der Waals surface area (Å²) in [6, 6.07) is 23.7. The van der Waals surface area contributed by atoms with Crippen LogP contribution in [0.1, 0.15) is 205 Å². The van der Waals surface area contributed by atoms with Crippen LogP contribution in [0.3, 0.4) is 0 Å². The zero-order chi connectivity index (χ0) is 44.6. The van der Waals surface area contributed by atoms with Gasteiger partial charge in [-0.05, 0) is 103 Å². The number of thioether (sulfide) groups is 2. The predicted molar refractivity (Wildman–Crippen MR) is 260 cm³/mol. The van der Waals surface area contributed by atoms with Gasteiger partial charge < -0.3 is 0 Å². The standard InChI is InChI=1S/C56H58O4S2/c1-27(2)33-21-39(29(5)6)47(40(22-33)30(7)8)43-25-45(49-51(57)35-17-13-14-18-36(35)52(49)58)61-55(43)56-44(48-41(31(9)10)23-34(28(3)4)24-42(48)32(11)12)26-46(62-56)50-53(59)37-19-15-16-20-38(37)54(50)60/h13-32,55-56H,1-12H3. The van der Waals surface area contributed by atoms with E-state index in [1.165, 1.54) is 44.5 Å². The van der Waals surface area contributed by atoms with Crippen molar-refractivity contribution in [3.8, 4) is 0 Å². The molecule has 0 amide bonds. The number of allylic oxidation sites excluding steroid dienone is 4. The molecular weight excluding hydrogens is 801 g/mol. The maximum atomic E-state index is 14.3. The molecule has 2 heterocycles. The second-order valence-corrected chi connectivity index (χ2v) is 21.6. The van der Waals surface area contributed by atoms with E-state index in [2.05, 4.69) is 120 Å². The van der Waals surface area contributed by atoms with Crippen LogP contribution in [0.25, 0.3) is 11.1 Å². The minimum atomic E-state index is -0.283. The van der Waals surface area contributed by atoms with Gasteiger partial charge in [0.1, 0.15) is 0 Å². The van der Waals surface area contributed by atoms with Gasteiger partial charge in [0.25, 0.3) is 0 Å². The molecule has 4 aromatic carbocycles. The maximum Gasteiger partial charge on any atom is 0.198 e. The Hall–Kier alpha value is -4.78. The van der Waals surface area contributed by atoms with Crippen LogP contribution in [0.4, 0.5) is 0 Å². The molecule has 0 N–H and O–H groups in total. The van der Waals surface area contributed by atoms with E-state index < -0.39 is 0 Å². The molecular formula is C56H58O4S2. The number of benzene rings is 4. The summed E-state index contributed by atoms with van der Waals surface area (Å²) in [5.41, 5.74) is 14.3. The highest BCUT2D eigenvalue weighted by molar-refractivity contribution is 8.08. The van der Waals surface area contributed by atoms with Crippen LogP contribution in [0.15, 0.2) is 106 Å². The van der Waals surface area contributed by atoms with Crippen LogP contribution < -0.4 is 0 Å². The van der Waals surface area contributed by atoms with Gasteiger partial charge in [-0.1, -0.05) is 156 Å². The van der Waals surface area contributed by atoms with E-state index >= 15 is 0 Å². The van der Waals surface area contributed by atoms with Gasteiger partial charge >= 0.3 is 0 Å². The molecule has 0 fully saturated rings. The largest absolute Gasteiger partial charge is 0.288 e. The Labute approximate surface area is 376 Å². The number of rotatable bonds is 9. The number of ketones is 4. The first-order valence-corrected chi connectivity index (χ1v) is 24.1. The molecule has 8 rings (SSSR count). The smallest absolute Gasteiger partial charge is 0.198 e. The lowest BCUT2D eigenvalue weighted by Crippen LogP contribution is -2.23. The summed E-state index contributed by atoms with van der Waals surface area (Å²) < 4.78 is 0. The highest BCUT2D eigenvalue weighted by Crippen LogP contribution is 2.59. The lowest BCUT2D eigenvalue weighted by atomic mass is 9.78. The van der Waals surface area contributed by atoms with Crippen molar-refractivity contribution in [2.75, 3.05) is 0 Å². The molecule has 4 nitrogen and oxygen atoms in total. The van der Waals surface area contributed by atoms with Crippen LogP contribution in [0, 0.1) is 0 Å². The fourth-order valence-corrected chi connectivity index (χ4v) is 12.6. The third-order valence-electron chi connectivity index (χ3n) is 13.0. The Kier molecular flexibility index (Phi) is 11.8. The van der Waals surface area contributed by atoms with Gasteiger partial charge in [0.15, 0.2) is 23.1 Å². The molecule has 0 aromatic heterocycles. The first-order valence-electron chi connectivity index (χ1n) is 22.4. The van der Waals surface area contributed by atoms with E-state index in [0.29, 0.717) is 43.9 Å². The topological polar surface area (TPSA) is 68.3 Å². The first-order chi connectivity index (χ1) is 29.4. The average Bonchev–Trinajstić information content (AvgIpc) is 3.98. The Morgan fingerprint density at radius 1 is 0.387 bits per heavy atom. The fourth-order valence-electron chi connectivity index (χ4n) is 9.59. The number of hydrogen-bond acceptors (Lipinski definition) is 6. The fraction of sp³-hybridized carbons (Fsp3) is 0.357. The number of carbonyl (C=O) groups is 4. The molecule has 6 heteroatoms. The van der Waals surface area contributed by atoms with Crippen molar-refractivity contribution in [1.29, 1.82) is 0 Å². The zero-order valence-electron chi connectivity index (χ0n) is 38.2. The number of hydrogen-bond donors (Lipinski definition) is 0. The third-order valence-corrected chi connectivity index (χ3v) is 15.9. The highest BCUT2D eigenvalue weighted by Gasteiger charge is 2.46. The molecule has 318 valence electrons. The van der Waals surface area contributed by atoms with Crippen molar-refractivity contribution in [2.24, 2.45) is 0 Å². The molecule has 0 radical (unpaired) electrons. The normalized spacial score (nSPS) is 18.9. The monoisotopic (exact) mass is 858 g/mol. The van der Waals surface area contributed by atoms with Crippen molar-refractivity contribution >= 4 is 57.8 Å². The number of Topliss-reactive ketones (excluding diaryl/α,β-unsaturated/α-hetero) is 4. The Morgan fingerprint density at radius 3 is 0.871 bits per heavy atom. The van der Waals surface area contributed by atoms with Gasteiger partial charge in [-0.2, -0.15) is 0 Å². The number of carbonyl (C=O) groups excluding carboxylic acids is 4. The van der Waals surface area contributed by atoms with Gasteiger partial charge in [0.05, 0.1) is 21.6 Å². The van der Waals surface area contributed by atoms with E-state index in [1.54, 1.807) is 47.8 Å². The van der Waals surface area contributed by atoms with E-state index in [1.807, 2.05) is 24.3 Å². The molecule has 4 aromatic rings. The van der Waals surface area contributed by atoms with E-state index in [9.17, 15) is 19.2 Å². The van der Waals surface area contributed by atoms with Crippen LogP contribution >= 0.6 is 23.5 Å². The summed E-state index contributed by atoms with van der Waals surface area (Å²) in [4.78, 5) is 58.7. The van der Waals surface area contributed by atoms with Crippen molar-refractivity contribution in [2.45, 2.75) is 129 Å². The molecule has 62 heavy (non-hydrogen) atoms. The van der Waals surface area contributed by atoms with Gasteiger partial charge in [0.2, 0.25) is 0 Å². The summed E-state index contributed by atoms with van der Waals surface area (Å²) in [7, 11) is 0. The lowest BCUT2D eigenvalue weighted by molar-refractivity contribution is 0.0972. The molecule has 0 spiro atoms. The third kappa shape index (κ3) is 7.29. The molecule has 2 aliphatic heterocycles. The minimum Gasteiger partial charge on any atom is -0.288 e. The summed E-state index contributed by atoms with van der Waals surface area (Å²) in [5.74, 6) is 0.432. The summed E-state index contributed by atoms with van der Waals surface area (Å²) in [6.07, 6.45) is 4.29. The summed E-state index contributed by atoms with van der Waals surface area (Å²) in [5, 5.41) is -0.565. The summed E-state index contributed by atoms with van der Waals surface area (Å²) in [6.45, 7) is 26.9. The Morgan fingerprint density at radius 2 is 0.645 bits per heavy atom. The quantitative estimate of drug-likeness (QED) is 0.123. The average molecular weight is 859 g/mol. The molecule has 2 atom stereocenters. The SMILES string of the molecule is CC(C)c1cc(C(C)C)c(C2=CC(=C3C(=O)c4ccccc4C3=O)SC2C2SC(=C3C(=O)c4ccccc4C3=O)C=C2c2c(C(C)C)cc(C(C)C)cc2C(C)C)c(C(C)C)c1. The lowest BCUT2D eigenvalue weighted by Gasteiger charge is -2.31. The van der Waals surface area contributed by atoms with Gasteiger partial charge in [0, 0.05) is 32.1 Å². The van der Waals surface area contributed by atoms with Crippen LogP contribution in [-0.4, -0.2) is 33.6 Å². The second kappa shape index (κ2) is 16.7. The van der Waals surface area contributed by atoms with Crippen molar-refractivity contribution < 1.29 is 19.2 Å². The van der Waals surface area contributed by atoms with Crippen molar-refractivity contribution in [3.05, 3.63) is 173 Å². The van der Waals surface area contributed by atoms with E-state index in [4.69, 9.17) is 0 Å². The van der Waals surface area contributed by atoms with Crippen molar-refractivity contribution in [1.82, 2.24) is 0 Å². The predicted octanol–water partition coefficient (Wildman–Crippen LogP) is 14.8. The van der Waals surface area contributed by atoms with Gasteiger partial charge in [-0.25, -0.2) is 0 Å². The zero-order valence-corrected chi connectivity index (χ0v) is 39.8. The Balaban J connectivity index is 1.44. The molecule has 0 saturated carbocycles. The van der Waals surface area contributed by atoms with E-state index in [0.717, 1.165) is 11.1 Å². The molecule has 4 aliphatic rings. The van der Waals surface area contributed by atoms with Crippen LogP contribution in [0.2, 0.25) is 0 Å². The van der Waals surface area contributed by atoms with Gasteiger partial charge in [-0.3, -0.25) is 19.2 Å². The molecule has 2 aliphatic carbocycles. The van der Waals surface area contributed by atoms with Gasteiger partial charge in [-0.15, -0.1) is 23.5 Å². The van der Waals surface area contributed by atoms with Crippen LogP contribution in [-0.2, 0) is 0 Å². The Bertz CT molecular complexity index is 2410. The van der Waals surface area contributed by atoms with Crippen molar-refractivity contribution in [3.63, 3.8) is 0 Å². The highest BCUT2D eigenvalue weighted by atomic mass is 32.2. The molecule has 0 bridgehead atoms. The van der Waals surface area contributed by atoms with E-state index in [-0.39, 0.29) is 68.5 Å². The minimum absolute atomic E-state index is 0.184. The second-order valence-electron chi connectivity index (χ2n) is 19.2.